The van der Waals surface area contributed by atoms with E-state index in [0.29, 0.717) is 12.2 Å². The first-order valence-corrected chi connectivity index (χ1v) is 7.88. The van der Waals surface area contributed by atoms with E-state index in [1.807, 2.05) is 6.92 Å². The lowest BCUT2D eigenvalue weighted by Gasteiger charge is -2.01. The van der Waals surface area contributed by atoms with Gasteiger partial charge in [-0.1, -0.05) is 27.6 Å². The highest BCUT2D eigenvalue weighted by atomic mass is 32.2. The second-order valence-corrected chi connectivity index (χ2v) is 6.47. The number of aromatic nitrogens is 4. The lowest BCUT2D eigenvalue weighted by Crippen LogP contribution is -2.25. The maximum Gasteiger partial charge on any atom is 0.272 e. The van der Waals surface area contributed by atoms with Crippen molar-refractivity contribution in [3.8, 4) is 0 Å². The average Bonchev–Trinajstić information content (AvgIpc) is 2.99. The van der Waals surface area contributed by atoms with Gasteiger partial charge < -0.3 is 5.32 Å². The van der Waals surface area contributed by atoms with Crippen molar-refractivity contribution >= 4 is 40.5 Å². The summed E-state index contributed by atoms with van der Waals surface area (Å²) in [5.74, 6) is 0.741. The summed E-state index contributed by atoms with van der Waals surface area (Å²) in [6.07, 6.45) is 0.882. The highest BCUT2D eigenvalue weighted by molar-refractivity contribution is 8.01. The molecule has 18 heavy (non-hydrogen) atoms. The quantitative estimate of drug-likeness (QED) is 0.645. The van der Waals surface area contributed by atoms with Crippen LogP contribution in [0.5, 0.6) is 0 Å². The van der Waals surface area contributed by atoms with Crippen molar-refractivity contribution in [2.45, 2.75) is 17.7 Å². The number of carbonyl (C=O) groups is 1. The molecule has 1 amide bonds. The van der Waals surface area contributed by atoms with Gasteiger partial charge in [0.1, 0.15) is 5.01 Å². The van der Waals surface area contributed by atoms with Gasteiger partial charge in [0.15, 0.2) is 10.0 Å². The fourth-order valence-electron chi connectivity index (χ4n) is 1.12. The van der Waals surface area contributed by atoms with Crippen molar-refractivity contribution in [2.75, 3.05) is 12.3 Å². The molecular weight excluding hydrogens is 290 g/mol. The molecule has 0 saturated heterocycles. The lowest BCUT2D eigenvalue weighted by molar-refractivity contribution is 0.0949. The molecule has 1 N–H and O–H groups in total. The Hall–Kier alpha value is -1.06. The van der Waals surface area contributed by atoms with Crippen LogP contribution in [-0.4, -0.2) is 38.0 Å². The zero-order valence-electron chi connectivity index (χ0n) is 9.62. The summed E-state index contributed by atoms with van der Waals surface area (Å²) in [6, 6.07) is 0. The number of nitrogens with zero attached hydrogens (tertiary/aromatic N) is 4. The molecule has 2 aromatic rings. The van der Waals surface area contributed by atoms with Gasteiger partial charge in [0, 0.05) is 17.7 Å². The summed E-state index contributed by atoms with van der Waals surface area (Å²) in [5, 5.41) is 17.1. The Kier molecular flexibility index (Phi) is 5.02. The summed E-state index contributed by atoms with van der Waals surface area (Å²) in [7, 11) is 0. The largest absolute Gasteiger partial charge is 0.351 e. The first kappa shape index (κ1) is 13.4. The second-order valence-electron chi connectivity index (χ2n) is 3.34. The summed E-state index contributed by atoms with van der Waals surface area (Å²) < 4.78 is 4.62. The third kappa shape index (κ3) is 4.00. The molecule has 9 heteroatoms. The minimum atomic E-state index is -0.166. The van der Waals surface area contributed by atoms with Gasteiger partial charge in [0.05, 0.1) is 0 Å². The van der Waals surface area contributed by atoms with Crippen LogP contribution in [0.25, 0.3) is 0 Å². The number of nitrogens with one attached hydrogen (secondary N) is 1. The fourth-order valence-corrected chi connectivity index (χ4v) is 3.39. The topological polar surface area (TPSA) is 80.7 Å². The standard InChI is InChI=1S/C9H11N5OS3/c1-6-11-13-9(18-6)16-4-2-3-10-8(15)7-5-17-14-12-7/h5H,2-4H2,1H3,(H,10,15). The number of amides is 1. The van der Waals surface area contributed by atoms with Gasteiger partial charge in [-0.2, -0.15) is 0 Å². The van der Waals surface area contributed by atoms with Crippen LogP contribution in [0.3, 0.4) is 0 Å². The maximum atomic E-state index is 11.5. The number of carbonyl (C=O) groups excluding carboxylic acids is 1. The normalized spacial score (nSPS) is 10.5. The van der Waals surface area contributed by atoms with Crippen molar-refractivity contribution in [3.63, 3.8) is 0 Å². The van der Waals surface area contributed by atoms with Gasteiger partial charge in [-0.3, -0.25) is 4.79 Å². The average molecular weight is 301 g/mol. The molecular formula is C9H11N5OS3. The van der Waals surface area contributed by atoms with Crippen LogP contribution < -0.4 is 5.32 Å². The molecule has 0 unspecified atom stereocenters. The maximum absolute atomic E-state index is 11.5. The first-order chi connectivity index (χ1) is 8.75. The van der Waals surface area contributed by atoms with E-state index >= 15 is 0 Å². The molecule has 0 atom stereocenters. The highest BCUT2D eigenvalue weighted by Crippen LogP contribution is 2.21. The van der Waals surface area contributed by atoms with Gasteiger partial charge in [-0.25, -0.2) is 0 Å². The first-order valence-electron chi connectivity index (χ1n) is 5.24. The van der Waals surface area contributed by atoms with Crippen molar-refractivity contribution in [1.82, 2.24) is 25.1 Å². The Morgan fingerprint density at radius 1 is 1.44 bits per heavy atom. The molecule has 0 aliphatic heterocycles. The van der Waals surface area contributed by atoms with Crippen LogP contribution in [0.15, 0.2) is 9.72 Å². The molecule has 0 spiro atoms. The lowest BCUT2D eigenvalue weighted by atomic mass is 10.4. The monoisotopic (exact) mass is 301 g/mol. The molecule has 0 aliphatic rings. The Morgan fingerprint density at radius 3 is 3.00 bits per heavy atom. The molecule has 0 saturated carbocycles. The smallest absolute Gasteiger partial charge is 0.272 e. The molecule has 6 nitrogen and oxygen atoms in total. The van der Waals surface area contributed by atoms with Gasteiger partial charge >= 0.3 is 0 Å². The Bertz CT molecular complexity index is 498. The van der Waals surface area contributed by atoms with Gasteiger partial charge in [-0.05, 0) is 24.9 Å². The van der Waals surface area contributed by atoms with Crippen LogP contribution in [0, 0.1) is 6.92 Å². The van der Waals surface area contributed by atoms with Crippen LogP contribution in [0.2, 0.25) is 0 Å². The fraction of sp³-hybridized carbons (Fsp3) is 0.444. The van der Waals surface area contributed by atoms with Gasteiger partial charge in [0.2, 0.25) is 0 Å². The molecule has 2 aromatic heterocycles. The van der Waals surface area contributed by atoms with E-state index in [1.165, 1.54) is 11.5 Å². The number of hydrogen-bond acceptors (Lipinski definition) is 8. The van der Waals surface area contributed by atoms with E-state index in [0.717, 1.165) is 21.5 Å². The van der Waals surface area contributed by atoms with Crippen molar-refractivity contribution < 1.29 is 4.79 Å². The highest BCUT2D eigenvalue weighted by Gasteiger charge is 2.07. The molecule has 0 bridgehead atoms. The van der Waals surface area contributed by atoms with E-state index in [1.54, 1.807) is 28.5 Å². The summed E-state index contributed by atoms with van der Waals surface area (Å²) >= 11 is 4.42. The van der Waals surface area contributed by atoms with E-state index < -0.39 is 0 Å². The van der Waals surface area contributed by atoms with Crippen LogP contribution in [0.4, 0.5) is 0 Å². The van der Waals surface area contributed by atoms with Crippen LogP contribution in [0.1, 0.15) is 21.9 Å². The summed E-state index contributed by atoms with van der Waals surface area (Å²) in [5.41, 5.74) is 0.382. The SMILES string of the molecule is Cc1nnc(SCCCNC(=O)c2csnn2)s1. The molecule has 2 rings (SSSR count). The molecule has 0 radical (unpaired) electrons. The number of aryl methyl sites for hydroxylation is 1. The molecule has 0 fully saturated rings. The second kappa shape index (κ2) is 6.76. The third-order valence-corrected chi connectivity index (χ3v) is 4.50. The minimum Gasteiger partial charge on any atom is -0.351 e. The van der Waals surface area contributed by atoms with E-state index in [-0.39, 0.29) is 5.91 Å². The number of rotatable bonds is 6. The summed E-state index contributed by atoms with van der Waals surface area (Å²) in [4.78, 5) is 11.5. The van der Waals surface area contributed by atoms with Crippen molar-refractivity contribution in [3.05, 3.63) is 16.1 Å². The zero-order chi connectivity index (χ0) is 12.8. The van der Waals surface area contributed by atoms with E-state index in [4.69, 9.17) is 0 Å². The third-order valence-electron chi connectivity index (χ3n) is 1.93. The predicted octanol–water partition coefficient (Wildman–Crippen LogP) is 1.61. The van der Waals surface area contributed by atoms with E-state index in [2.05, 4.69) is 25.1 Å². The Morgan fingerprint density at radius 2 is 2.33 bits per heavy atom. The number of hydrogen-bond donors (Lipinski definition) is 1. The molecule has 0 aromatic carbocycles. The van der Waals surface area contributed by atoms with Gasteiger partial charge in [-0.15, -0.1) is 15.3 Å². The molecule has 96 valence electrons. The zero-order valence-corrected chi connectivity index (χ0v) is 12.1. The predicted molar refractivity (Wildman–Crippen MR) is 72.2 cm³/mol. The Balaban J connectivity index is 1.60. The van der Waals surface area contributed by atoms with Crippen LogP contribution in [-0.2, 0) is 0 Å². The van der Waals surface area contributed by atoms with E-state index in [9.17, 15) is 4.79 Å². The molecule has 2 heterocycles. The van der Waals surface area contributed by atoms with Crippen LogP contribution >= 0.6 is 34.6 Å². The molecule has 0 aliphatic carbocycles. The Labute approximate surface area is 116 Å². The van der Waals surface area contributed by atoms with Crippen molar-refractivity contribution in [1.29, 1.82) is 0 Å². The summed E-state index contributed by atoms with van der Waals surface area (Å²) in [6.45, 7) is 2.56. The van der Waals surface area contributed by atoms with Gasteiger partial charge in [0.25, 0.3) is 5.91 Å². The minimum absolute atomic E-state index is 0.166. The van der Waals surface area contributed by atoms with Crippen molar-refractivity contribution in [2.24, 2.45) is 0 Å². The number of thioether (sulfide) groups is 1.